The van der Waals surface area contributed by atoms with Crippen LogP contribution in [0.3, 0.4) is 0 Å². The van der Waals surface area contributed by atoms with Gasteiger partial charge in [0.15, 0.2) is 5.76 Å². The van der Waals surface area contributed by atoms with Crippen molar-refractivity contribution in [1.82, 2.24) is 20.0 Å². The molecule has 0 saturated heterocycles. The minimum Gasteiger partial charge on any atom is -0.463 e. The summed E-state index contributed by atoms with van der Waals surface area (Å²) in [5.41, 5.74) is 0.671. The summed E-state index contributed by atoms with van der Waals surface area (Å²) in [7, 11) is 0. The number of hydrogen-bond acceptors (Lipinski definition) is 4. The minimum atomic E-state index is -1.12. The molecule has 3 aromatic rings. The molecular formula is C26H29ClN4O3. The van der Waals surface area contributed by atoms with Crippen molar-refractivity contribution < 1.29 is 14.0 Å². The summed E-state index contributed by atoms with van der Waals surface area (Å²) in [6.45, 7) is 2.30. The highest BCUT2D eigenvalue weighted by Crippen LogP contribution is 2.33. The lowest BCUT2D eigenvalue weighted by Crippen LogP contribution is -2.64. The molecule has 0 spiro atoms. The van der Waals surface area contributed by atoms with Gasteiger partial charge >= 0.3 is 0 Å². The van der Waals surface area contributed by atoms with Gasteiger partial charge in [-0.1, -0.05) is 55.5 Å². The molecule has 5 rings (SSSR count). The predicted octanol–water partition coefficient (Wildman–Crippen LogP) is 5.05. The molecule has 2 aliphatic rings. The first-order chi connectivity index (χ1) is 16.5. The fourth-order valence-electron chi connectivity index (χ4n) is 5.00. The summed E-state index contributed by atoms with van der Waals surface area (Å²) in [6, 6.07) is 12.9. The number of rotatable bonds is 5. The van der Waals surface area contributed by atoms with E-state index in [1.165, 1.54) is 12.8 Å². The molecule has 1 aliphatic heterocycles. The maximum Gasteiger partial charge on any atom is 0.273 e. The van der Waals surface area contributed by atoms with Gasteiger partial charge in [0.25, 0.3) is 5.91 Å². The summed E-state index contributed by atoms with van der Waals surface area (Å²) in [6.07, 6.45) is 8.13. The van der Waals surface area contributed by atoms with Crippen molar-refractivity contribution in [3.63, 3.8) is 0 Å². The second-order valence-electron chi connectivity index (χ2n) is 9.47. The second kappa shape index (κ2) is 9.29. The lowest BCUT2D eigenvalue weighted by molar-refractivity contribution is -0.134. The van der Waals surface area contributed by atoms with E-state index in [0.717, 1.165) is 31.2 Å². The Labute approximate surface area is 204 Å². The van der Waals surface area contributed by atoms with Crippen LogP contribution in [-0.4, -0.2) is 38.1 Å². The number of amides is 2. The Bertz CT molecular complexity index is 1180. The van der Waals surface area contributed by atoms with E-state index in [-0.39, 0.29) is 30.9 Å². The van der Waals surface area contributed by atoms with Crippen molar-refractivity contribution in [2.45, 2.75) is 70.1 Å². The smallest absolute Gasteiger partial charge is 0.273 e. The van der Waals surface area contributed by atoms with Gasteiger partial charge in [-0.2, -0.15) is 5.10 Å². The molecule has 2 amide bonds. The highest BCUT2D eigenvalue weighted by atomic mass is 35.5. The predicted molar refractivity (Wildman–Crippen MR) is 129 cm³/mol. The first kappa shape index (κ1) is 22.7. The number of fused-ring (bicyclic) bond motifs is 1. The Balaban J connectivity index is 1.50. The van der Waals surface area contributed by atoms with Crippen molar-refractivity contribution in [1.29, 1.82) is 0 Å². The normalized spacial score (nSPS) is 21.2. The summed E-state index contributed by atoms with van der Waals surface area (Å²) in [5.74, 6) is 0.174. The van der Waals surface area contributed by atoms with E-state index in [1.54, 1.807) is 40.1 Å². The summed E-state index contributed by atoms with van der Waals surface area (Å²) in [5, 5.41) is 8.44. The highest BCUT2D eigenvalue weighted by Gasteiger charge is 2.48. The average molecular weight is 481 g/mol. The van der Waals surface area contributed by atoms with Crippen LogP contribution in [0.1, 0.15) is 61.5 Å². The van der Waals surface area contributed by atoms with Crippen LogP contribution in [0.25, 0.3) is 11.5 Å². The Kier molecular flexibility index (Phi) is 6.21. The molecule has 0 radical (unpaired) electrons. The second-order valence-corrected chi connectivity index (χ2v) is 9.88. The van der Waals surface area contributed by atoms with E-state index in [9.17, 15) is 9.59 Å². The van der Waals surface area contributed by atoms with Gasteiger partial charge in [-0.3, -0.25) is 14.3 Å². The molecule has 8 heteroatoms. The Morgan fingerprint density at radius 1 is 1.18 bits per heavy atom. The van der Waals surface area contributed by atoms with E-state index in [2.05, 4.69) is 10.4 Å². The Morgan fingerprint density at radius 3 is 2.65 bits per heavy atom. The zero-order valence-corrected chi connectivity index (χ0v) is 20.1. The lowest BCUT2D eigenvalue weighted by Gasteiger charge is -2.44. The molecule has 7 nitrogen and oxygen atoms in total. The molecule has 34 heavy (non-hydrogen) atoms. The lowest BCUT2D eigenvalue weighted by atomic mass is 9.93. The minimum absolute atomic E-state index is 0.127. The molecule has 2 aromatic heterocycles. The molecule has 178 valence electrons. The average Bonchev–Trinajstić information content (AvgIpc) is 3.43. The van der Waals surface area contributed by atoms with Crippen LogP contribution in [0.4, 0.5) is 0 Å². The number of carbonyl (C=O) groups excluding carboxylic acids is 2. The van der Waals surface area contributed by atoms with Crippen LogP contribution < -0.4 is 5.32 Å². The molecule has 1 fully saturated rings. The number of hydrogen-bond donors (Lipinski definition) is 1. The standard InChI is InChI=1S/C26H29ClN4O3/c1-26(25(33)28-19-10-4-2-3-5-11-19)17-31-22(15-21(29-31)23-13-8-14-34-23)24(32)30(26)16-18-9-6-7-12-20(18)27/h6-9,12-15,19H,2-5,10-11,16-17H2,1H3,(H,28,33)/t26-/m0/s1. The van der Waals surface area contributed by atoms with Gasteiger partial charge in [0.1, 0.15) is 16.9 Å². The number of aromatic nitrogens is 2. The monoisotopic (exact) mass is 480 g/mol. The maximum atomic E-state index is 13.8. The van der Waals surface area contributed by atoms with E-state index >= 15 is 0 Å². The molecule has 1 atom stereocenters. The molecule has 0 bridgehead atoms. The summed E-state index contributed by atoms with van der Waals surface area (Å²) >= 11 is 6.44. The van der Waals surface area contributed by atoms with E-state index < -0.39 is 5.54 Å². The molecule has 1 N–H and O–H groups in total. The largest absolute Gasteiger partial charge is 0.463 e. The molecule has 3 heterocycles. The fourth-order valence-corrected chi connectivity index (χ4v) is 5.19. The van der Waals surface area contributed by atoms with Crippen LogP contribution in [0, 0.1) is 0 Å². The van der Waals surface area contributed by atoms with Crippen molar-refractivity contribution in [2.75, 3.05) is 0 Å². The van der Waals surface area contributed by atoms with Gasteiger partial charge in [-0.25, -0.2) is 0 Å². The number of nitrogens with zero attached hydrogens (tertiary/aromatic N) is 3. The van der Waals surface area contributed by atoms with Gasteiger partial charge in [0.05, 0.1) is 12.8 Å². The molecule has 1 saturated carbocycles. The Hall–Kier alpha value is -3.06. The van der Waals surface area contributed by atoms with Gasteiger partial charge in [-0.05, 0) is 43.5 Å². The third-order valence-corrected chi connectivity index (χ3v) is 7.41. The molecule has 1 aliphatic carbocycles. The van der Waals surface area contributed by atoms with Crippen molar-refractivity contribution in [3.8, 4) is 11.5 Å². The first-order valence-electron chi connectivity index (χ1n) is 11.9. The van der Waals surface area contributed by atoms with Crippen LogP contribution in [-0.2, 0) is 17.9 Å². The van der Waals surface area contributed by atoms with Gasteiger partial charge < -0.3 is 14.6 Å². The zero-order chi connectivity index (χ0) is 23.7. The quantitative estimate of drug-likeness (QED) is 0.518. The van der Waals surface area contributed by atoms with Crippen LogP contribution in [0.2, 0.25) is 5.02 Å². The van der Waals surface area contributed by atoms with E-state index in [4.69, 9.17) is 16.0 Å². The number of carbonyl (C=O) groups is 2. The van der Waals surface area contributed by atoms with E-state index in [0.29, 0.717) is 22.2 Å². The van der Waals surface area contributed by atoms with Crippen LogP contribution in [0.15, 0.2) is 53.1 Å². The summed E-state index contributed by atoms with van der Waals surface area (Å²) in [4.78, 5) is 29.2. The van der Waals surface area contributed by atoms with Crippen molar-refractivity contribution >= 4 is 23.4 Å². The van der Waals surface area contributed by atoms with E-state index in [1.807, 2.05) is 25.1 Å². The fraction of sp³-hybridized carbons (Fsp3) is 0.423. The van der Waals surface area contributed by atoms with Crippen LogP contribution >= 0.6 is 11.6 Å². The van der Waals surface area contributed by atoms with Gasteiger partial charge in [-0.15, -0.1) is 0 Å². The number of furan rings is 1. The Morgan fingerprint density at radius 2 is 1.94 bits per heavy atom. The highest BCUT2D eigenvalue weighted by molar-refractivity contribution is 6.31. The molecule has 0 unspecified atom stereocenters. The van der Waals surface area contributed by atoms with Crippen molar-refractivity contribution in [2.24, 2.45) is 0 Å². The van der Waals surface area contributed by atoms with Crippen molar-refractivity contribution in [3.05, 3.63) is 65.0 Å². The van der Waals surface area contributed by atoms with Gasteiger partial charge in [0, 0.05) is 23.7 Å². The third kappa shape index (κ3) is 4.25. The molecule has 1 aromatic carbocycles. The molecular weight excluding hydrogens is 452 g/mol. The first-order valence-corrected chi connectivity index (χ1v) is 12.3. The zero-order valence-electron chi connectivity index (χ0n) is 19.3. The van der Waals surface area contributed by atoms with Gasteiger partial charge in [0.2, 0.25) is 5.91 Å². The number of benzene rings is 1. The summed E-state index contributed by atoms with van der Waals surface area (Å²) < 4.78 is 7.12. The number of nitrogens with one attached hydrogen (secondary N) is 1. The number of halogens is 1. The topological polar surface area (TPSA) is 80.4 Å². The van der Waals surface area contributed by atoms with Crippen LogP contribution in [0.5, 0.6) is 0 Å². The third-order valence-electron chi connectivity index (χ3n) is 7.04. The maximum absolute atomic E-state index is 13.8. The SMILES string of the molecule is C[C@@]1(C(=O)NC2CCCCCC2)Cn2nc(-c3ccco3)cc2C(=O)N1Cc1ccccc1Cl.